The van der Waals surface area contributed by atoms with E-state index in [4.69, 9.17) is 0 Å². The van der Waals surface area contributed by atoms with Crippen LogP contribution >= 0.6 is 27.3 Å². The summed E-state index contributed by atoms with van der Waals surface area (Å²) in [7, 11) is -1.08. The molecule has 5 heteroatoms. The quantitative estimate of drug-likeness (QED) is 0.794. The first-order valence-electron chi connectivity index (χ1n) is 4.99. The zero-order valence-electron chi connectivity index (χ0n) is 9.43. The van der Waals surface area contributed by atoms with E-state index < -0.39 is 10.8 Å². The van der Waals surface area contributed by atoms with E-state index in [1.54, 1.807) is 6.26 Å². The molecule has 0 aromatic carbocycles. The molecule has 0 aliphatic heterocycles. The summed E-state index contributed by atoms with van der Waals surface area (Å²) < 4.78 is 13.3. The highest BCUT2D eigenvalue weighted by atomic mass is 79.9. The van der Waals surface area contributed by atoms with E-state index in [0.29, 0.717) is 6.42 Å². The number of carbonyl (C=O) groups is 1. The van der Waals surface area contributed by atoms with Crippen molar-refractivity contribution in [2.45, 2.75) is 30.9 Å². The Hall–Kier alpha value is -0.0000000000000000555. The number of thiophene rings is 1. The van der Waals surface area contributed by atoms with Crippen LogP contribution in [0, 0.1) is 5.41 Å². The molecule has 1 aromatic rings. The first kappa shape index (κ1) is 12.5. The minimum absolute atomic E-state index is 0.0141. The van der Waals surface area contributed by atoms with E-state index in [2.05, 4.69) is 29.8 Å². The highest BCUT2D eigenvalue weighted by Crippen LogP contribution is 2.44. The third-order valence-electron chi connectivity index (χ3n) is 2.76. The van der Waals surface area contributed by atoms with Crippen LogP contribution in [0.5, 0.6) is 0 Å². The molecular weight excluding hydrogens is 308 g/mol. The van der Waals surface area contributed by atoms with Gasteiger partial charge in [-0.1, -0.05) is 13.8 Å². The molecule has 0 spiro atoms. The molecule has 0 saturated carbocycles. The summed E-state index contributed by atoms with van der Waals surface area (Å²) in [4.78, 5) is 12.1. The van der Waals surface area contributed by atoms with Crippen LogP contribution in [0.25, 0.3) is 0 Å². The second-order valence-electron chi connectivity index (χ2n) is 4.91. The van der Waals surface area contributed by atoms with Gasteiger partial charge in [0.05, 0.1) is 14.6 Å². The molecule has 1 atom stereocenters. The molecule has 0 N–H and O–H groups in total. The fourth-order valence-corrected chi connectivity index (χ4v) is 5.31. The Kier molecular flexibility index (Phi) is 3.14. The summed E-state index contributed by atoms with van der Waals surface area (Å²) in [6.45, 7) is 4.20. The minimum Gasteiger partial charge on any atom is -0.294 e. The van der Waals surface area contributed by atoms with Crippen molar-refractivity contribution in [2.75, 3.05) is 6.26 Å². The summed E-state index contributed by atoms with van der Waals surface area (Å²) in [5, 5.41) is 0. The number of fused-ring (bicyclic) bond motifs is 1. The Balaban J connectivity index is 2.62. The first-order chi connectivity index (χ1) is 7.32. The fraction of sp³-hybridized carbons (Fsp3) is 0.545. The standard InChI is InChI=1S/C11H13BrO2S2/c1-11(2)4-6-8(7(13)5-11)10(16(3)14)15-9(6)12/h4-5H2,1-3H3/t16-/m0/s1. The molecule has 0 unspecified atom stereocenters. The first-order valence-corrected chi connectivity index (χ1v) is 8.16. The molecular formula is C11H13BrO2S2. The van der Waals surface area contributed by atoms with Crippen LogP contribution < -0.4 is 0 Å². The third kappa shape index (κ3) is 2.05. The molecule has 0 amide bonds. The van der Waals surface area contributed by atoms with Crippen LogP contribution in [0.3, 0.4) is 0 Å². The van der Waals surface area contributed by atoms with E-state index in [1.165, 1.54) is 11.3 Å². The van der Waals surface area contributed by atoms with Gasteiger partial charge in [-0.05, 0) is 33.3 Å². The van der Waals surface area contributed by atoms with Crippen LogP contribution in [0.1, 0.15) is 36.2 Å². The predicted molar refractivity (Wildman–Crippen MR) is 70.8 cm³/mol. The van der Waals surface area contributed by atoms with Gasteiger partial charge >= 0.3 is 0 Å². The topological polar surface area (TPSA) is 34.1 Å². The minimum atomic E-state index is -1.08. The van der Waals surface area contributed by atoms with Gasteiger partial charge in [0.2, 0.25) is 0 Å². The number of hydrogen-bond donors (Lipinski definition) is 0. The normalized spacial score (nSPS) is 20.6. The molecule has 1 heterocycles. The third-order valence-corrected chi connectivity index (χ3v) is 6.22. The summed E-state index contributed by atoms with van der Waals surface area (Å²) in [5.74, 6) is 0.137. The summed E-state index contributed by atoms with van der Waals surface area (Å²) in [5.41, 5.74) is 1.79. The molecule has 1 aliphatic carbocycles. The van der Waals surface area contributed by atoms with Crippen LogP contribution in [0.15, 0.2) is 8.00 Å². The molecule has 0 radical (unpaired) electrons. The van der Waals surface area contributed by atoms with E-state index in [-0.39, 0.29) is 11.2 Å². The molecule has 0 saturated heterocycles. The van der Waals surface area contributed by atoms with Crippen molar-refractivity contribution >= 4 is 43.8 Å². The fourth-order valence-electron chi connectivity index (χ4n) is 2.12. The Bertz CT molecular complexity index is 488. The number of carbonyl (C=O) groups excluding carboxylic acids is 1. The molecule has 88 valence electrons. The zero-order chi connectivity index (χ0) is 12.1. The monoisotopic (exact) mass is 320 g/mol. The van der Waals surface area contributed by atoms with E-state index in [1.807, 2.05) is 0 Å². The molecule has 0 bridgehead atoms. The lowest BCUT2D eigenvalue weighted by atomic mass is 9.75. The number of hydrogen-bond acceptors (Lipinski definition) is 3. The maximum Gasteiger partial charge on any atom is 0.165 e. The van der Waals surface area contributed by atoms with Crippen molar-refractivity contribution in [1.29, 1.82) is 0 Å². The molecule has 1 aliphatic rings. The average Bonchev–Trinajstić information content (AvgIpc) is 2.42. The van der Waals surface area contributed by atoms with Crippen molar-refractivity contribution in [1.82, 2.24) is 0 Å². The number of ketones is 1. The van der Waals surface area contributed by atoms with Crippen molar-refractivity contribution in [3.05, 3.63) is 14.9 Å². The molecule has 16 heavy (non-hydrogen) atoms. The molecule has 2 nitrogen and oxygen atoms in total. The summed E-state index contributed by atoms with van der Waals surface area (Å²) in [6.07, 6.45) is 3.06. The van der Waals surface area contributed by atoms with Crippen LogP contribution in [0.2, 0.25) is 0 Å². The van der Waals surface area contributed by atoms with Gasteiger partial charge in [0, 0.05) is 18.2 Å². The number of halogens is 1. The highest BCUT2D eigenvalue weighted by Gasteiger charge is 2.36. The van der Waals surface area contributed by atoms with Crippen LogP contribution in [-0.2, 0) is 17.2 Å². The number of rotatable bonds is 1. The summed E-state index contributed by atoms with van der Waals surface area (Å²) in [6, 6.07) is 0. The van der Waals surface area contributed by atoms with Crippen molar-refractivity contribution in [3.8, 4) is 0 Å². The lowest BCUT2D eigenvalue weighted by Gasteiger charge is -2.28. The van der Waals surface area contributed by atoms with Gasteiger partial charge in [0.1, 0.15) is 4.21 Å². The maximum absolute atomic E-state index is 12.1. The maximum atomic E-state index is 12.1. The van der Waals surface area contributed by atoms with Crippen LogP contribution in [0.4, 0.5) is 0 Å². The number of Topliss-reactive ketones (excluding diaryl/α,β-unsaturated/α-hetero) is 1. The Morgan fingerprint density at radius 3 is 2.56 bits per heavy atom. The van der Waals surface area contributed by atoms with Crippen LogP contribution in [-0.4, -0.2) is 16.2 Å². The van der Waals surface area contributed by atoms with Gasteiger partial charge in [0.25, 0.3) is 0 Å². The van der Waals surface area contributed by atoms with Gasteiger partial charge in [-0.3, -0.25) is 9.00 Å². The van der Waals surface area contributed by atoms with Crippen molar-refractivity contribution in [2.24, 2.45) is 5.41 Å². The molecule has 0 fully saturated rings. The highest BCUT2D eigenvalue weighted by molar-refractivity contribution is 9.11. The van der Waals surface area contributed by atoms with E-state index in [9.17, 15) is 9.00 Å². The second kappa shape index (κ2) is 4.03. The van der Waals surface area contributed by atoms with Gasteiger partial charge in [-0.25, -0.2) is 0 Å². The van der Waals surface area contributed by atoms with E-state index in [0.717, 1.165) is 25.5 Å². The molecule has 1 aromatic heterocycles. The van der Waals surface area contributed by atoms with Gasteiger partial charge in [-0.15, -0.1) is 11.3 Å². The SMILES string of the molecule is C[S@](=O)c1sc(Br)c2c1C(=O)CC(C)(C)C2. The van der Waals surface area contributed by atoms with Gasteiger partial charge < -0.3 is 0 Å². The second-order valence-corrected chi connectivity index (χ2v) is 8.83. The van der Waals surface area contributed by atoms with E-state index >= 15 is 0 Å². The zero-order valence-corrected chi connectivity index (χ0v) is 12.6. The van der Waals surface area contributed by atoms with Gasteiger partial charge in [-0.2, -0.15) is 0 Å². The molecule has 2 rings (SSSR count). The summed E-state index contributed by atoms with van der Waals surface area (Å²) >= 11 is 4.92. The van der Waals surface area contributed by atoms with Gasteiger partial charge in [0.15, 0.2) is 5.78 Å². The Morgan fingerprint density at radius 1 is 1.38 bits per heavy atom. The van der Waals surface area contributed by atoms with Crippen molar-refractivity contribution in [3.63, 3.8) is 0 Å². The smallest absolute Gasteiger partial charge is 0.165 e. The Labute approximate surface area is 110 Å². The largest absolute Gasteiger partial charge is 0.294 e. The average molecular weight is 321 g/mol. The van der Waals surface area contributed by atoms with Crippen molar-refractivity contribution < 1.29 is 9.00 Å². The predicted octanol–water partition coefficient (Wildman–Crippen LogP) is 3.40. The lowest BCUT2D eigenvalue weighted by Crippen LogP contribution is -2.26. The lowest BCUT2D eigenvalue weighted by molar-refractivity contribution is 0.0910. The Morgan fingerprint density at radius 2 is 2.00 bits per heavy atom.